The first-order valence-corrected chi connectivity index (χ1v) is 10.1. The fourth-order valence-corrected chi connectivity index (χ4v) is 4.47. The zero-order valence-corrected chi connectivity index (χ0v) is 15.4. The van der Waals surface area contributed by atoms with Gasteiger partial charge < -0.3 is 15.1 Å². The van der Waals surface area contributed by atoms with Crippen LogP contribution < -0.4 is 10.2 Å². The molecule has 1 aromatic carbocycles. The van der Waals surface area contributed by atoms with Gasteiger partial charge >= 0.3 is 0 Å². The summed E-state index contributed by atoms with van der Waals surface area (Å²) in [5, 5.41) is 3.28. The van der Waals surface area contributed by atoms with Crippen LogP contribution in [-0.2, 0) is 11.2 Å². The molecule has 4 nitrogen and oxygen atoms in total. The highest BCUT2D eigenvalue weighted by Gasteiger charge is 2.32. The third kappa shape index (κ3) is 4.00. The molecule has 2 heterocycles. The minimum Gasteiger partial charge on any atom is -0.368 e. The monoisotopic (exact) mass is 341 g/mol. The Labute approximate surface area is 151 Å². The van der Waals surface area contributed by atoms with Crippen molar-refractivity contribution in [1.29, 1.82) is 0 Å². The van der Waals surface area contributed by atoms with Crippen LogP contribution >= 0.6 is 0 Å². The van der Waals surface area contributed by atoms with E-state index in [1.165, 1.54) is 30.5 Å². The van der Waals surface area contributed by atoms with Crippen LogP contribution in [0.4, 0.5) is 5.69 Å². The first kappa shape index (κ1) is 16.9. The number of likely N-dealkylation sites (tertiary alicyclic amines) is 1. The average Bonchev–Trinajstić information content (AvgIpc) is 3.47. The standard InChI is InChI=1S/C21H31N3O/c1-16-6-7-17-4-2-3-5-20(17)24(16)15-12-21(25)22-18-10-13-23(14-11-18)19-8-9-19/h2-5,16,18-19H,6-15H2,1H3,(H,22,25)/t16-/m0/s1. The van der Waals surface area contributed by atoms with Gasteiger partial charge in [0, 0.05) is 49.9 Å². The summed E-state index contributed by atoms with van der Waals surface area (Å²) in [6, 6.07) is 10.4. The van der Waals surface area contributed by atoms with E-state index in [2.05, 4.69) is 46.3 Å². The van der Waals surface area contributed by atoms with Gasteiger partial charge in [0.05, 0.1) is 0 Å². The van der Waals surface area contributed by atoms with E-state index in [-0.39, 0.29) is 5.91 Å². The second-order valence-corrected chi connectivity index (χ2v) is 8.07. The Balaban J connectivity index is 1.26. The van der Waals surface area contributed by atoms with E-state index < -0.39 is 0 Å². The summed E-state index contributed by atoms with van der Waals surface area (Å²) in [7, 11) is 0. The molecule has 0 unspecified atom stereocenters. The molecule has 0 spiro atoms. The molecule has 0 bridgehead atoms. The molecule has 1 aliphatic carbocycles. The van der Waals surface area contributed by atoms with E-state index in [0.717, 1.165) is 44.9 Å². The maximum Gasteiger partial charge on any atom is 0.221 e. The van der Waals surface area contributed by atoms with Crippen molar-refractivity contribution in [3.05, 3.63) is 29.8 Å². The lowest BCUT2D eigenvalue weighted by Crippen LogP contribution is -2.46. The Morgan fingerprint density at radius 2 is 1.88 bits per heavy atom. The molecule has 1 saturated heterocycles. The van der Waals surface area contributed by atoms with Crippen molar-refractivity contribution in [3.8, 4) is 0 Å². The van der Waals surface area contributed by atoms with Crippen molar-refractivity contribution in [2.45, 2.75) is 70.0 Å². The molecular formula is C21H31N3O. The minimum absolute atomic E-state index is 0.222. The van der Waals surface area contributed by atoms with Crippen LogP contribution in [0.15, 0.2) is 24.3 Å². The number of benzene rings is 1. The van der Waals surface area contributed by atoms with Gasteiger partial charge in [0.15, 0.2) is 0 Å². The van der Waals surface area contributed by atoms with Crippen molar-refractivity contribution in [2.24, 2.45) is 0 Å². The number of amides is 1. The Hall–Kier alpha value is -1.55. The zero-order valence-electron chi connectivity index (χ0n) is 15.4. The average molecular weight is 341 g/mol. The Morgan fingerprint density at radius 1 is 1.12 bits per heavy atom. The number of rotatable bonds is 5. The van der Waals surface area contributed by atoms with E-state index in [4.69, 9.17) is 0 Å². The number of aryl methyl sites for hydroxylation is 1. The molecule has 4 rings (SSSR count). The van der Waals surface area contributed by atoms with Crippen LogP contribution in [0.25, 0.3) is 0 Å². The van der Waals surface area contributed by atoms with E-state index in [1.54, 1.807) is 0 Å². The van der Waals surface area contributed by atoms with Gasteiger partial charge in [0.2, 0.25) is 5.91 Å². The molecule has 3 aliphatic rings. The number of nitrogens with one attached hydrogen (secondary N) is 1. The maximum absolute atomic E-state index is 12.4. The van der Waals surface area contributed by atoms with Gasteiger partial charge in [0.1, 0.15) is 0 Å². The molecule has 136 valence electrons. The molecule has 1 aromatic rings. The maximum atomic E-state index is 12.4. The number of nitrogens with zero attached hydrogens (tertiary/aromatic N) is 2. The highest BCUT2D eigenvalue weighted by Crippen LogP contribution is 2.31. The highest BCUT2D eigenvalue weighted by molar-refractivity contribution is 5.77. The van der Waals surface area contributed by atoms with Crippen LogP contribution in [-0.4, -0.2) is 48.6 Å². The van der Waals surface area contributed by atoms with Gasteiger partial charge in [-0.1, -0.05) is 18.2 Å². The molecule has 0 radical (unpaired) electrons. The third-order valence-corrected chi connectivity index (χ3v) is 6.20. The predicted molar refractivity (Wildman–Crippen MR) is 102 cm³/mol. The summed E-state index contributed by atoms with van der Waals surface area (Å²) >= 11 is 0. The fraction of sp³-hybridized carbons (Fsp3) is 0.667. The van der Waals surface area contributed by atoms with Gasteiger partial charge in [-0.3, -0.25) is 4.79 Å². The number of carbonyl (C=O) groups is 1. The van der Waals surface area contributed by atoms with Crippen molar-refractivity contribution in [1.82, 2.24) is 10.2 Å². The highest BCUT2D eigenvalue weighted by atomic mass is 16.1. The van der Waals surface area contributed by atoms with Crippen molar-refractivity contribution >= 4 is 11.6 Å². The van der Waals surface area contributed by atoms with Gasteiger partial charge in [-0.25, -0.2) is 0 Å². The number of piperidine rings is 1. The SMILES string of the molecule is C[C@H]1CCc2ccccc2N1CCC(=O)NC1CCN(C2CC2)CC1. The van der Waals surface area contributed by atoms with Crippen LogP contribution in [0.3, 0.4) is 0 Å². The normalized spacial score (nSPS) is 24.8. The first-order valence-electron chi connectivity index (χ1n) is 10.1. The van der Waals surface area contributed by atoms with E-state index in [9.17, 15) is 4.79 Å². The Kier molecular flexibility index (Phi) is 4.98. The lowest BCUT2D eigenvalue weighted by Gasteiger charge is -2.37. The molecule has 4 heteroatoms. The molecule has 1 atom stereocenters. The van der Waals surface area contributed by atoms with Crippen LogP contribution in [0.2, 0.25) is 0 Å². The largest absolute Gasteiger partial charge is 0.368 e. The molecule has 1 saturated carbocycles. The summed E-state index contributed by atoms with van der Waals surface area (Å²) in [5.41, 5.74) is 2.75. The minimum atomic E-state index is 0.222. The number of fused-ring (bicyclic) bond motifs is 1. The third-order valence-electron chi connectivity index (χ3n) is 6.20. The summed E-state index contributed by atoms with van der Waals surface area (Å²) in [5.74, 6) is 0.222. The van der Waals surface area contributed by atoms with Crippen molar-refractivity contribution in [3.63, 3.8) is 0 Å². The molecule has 0 aromatic heterocycles. The predicted octanol–water partition coefficient (Wildman–Crippen LogP) is 2.96. The molecule has 2 aliphatic heterocycles. The Morgan fingerprint density at radius 3 is 2.64 bits per heavy atom. The number of carbonyl (C=O) groups excluding carboxylic acids is 1. The number of para-hydroxylation sites is 1. The summed E-state index contributed by atoms with van der Waals surface area (Å²) in [6.07, 6.45) is 7.93. The first-order chi connectivity index (χ1) is 12.2. The summed E-state index contributed by atoms with van der Waals surface area (Å²) < 4.78 is 0. The van der Waals surface area contributed by atoms with Crippen LogP contribution in [0.5, 0.6) is 0 Å². The smallest absolute Gasteiger partial charge is 0.221 e. The van der Waals surface area contributed by atoms with Gasteiger partial charge in [-0.15, -0.1) is 0 Å². The quantitative estimate of drug-likeness (QED) is 0.894. The van der Waals surface area contributed by atoms with Crippen molar-refractivity contribution < 1.29 is 4.79 Å². The molecule has 1 N–H and O–H groups in total. The number of anilines is 1. The van der Waals surface area contributed by atoms with Crippen molar-refractivity contribution in [2.75, 3.05) is 24.5 Å². The summed E-state index contributed by atoms with van der Waals surface area (Å²) in [4.78, 5) is 17.5. The van der Waals surface area contributed by atoms with Gasteiger partial charge in [0.25, 0.3) is 0 Å². The van der Waals surface area contributed by atoms with Crippen LogP contribution in [0.1, 0.15) is 51.0 Å². The van der Waals surface area contributed by atoms with Gasteiger partial charge in [-0.2, -0.15) is 0 Å². The lowest BCUT2D eigenvalue weighted by atomic mass is 9.96. The topological polar surface area (TPSA) is 35.6 Å². The fourth-order valence-electron chi connectivity index (χ4n) is 4.47. The zero-order chi connectivity index (χ0) is 17.2. The van der Waals surface area contributed by atoms with E-state index in [1.807, 2.05) is 0 Å². The van der Waals surface area contributed by atoms with E-state index >= 15 is 0 Å². The Bertz CT molecular complexity index is 605. The van der Waals surface area contributed by atoms with Crippen LogP contribution in [0, 0.1) is 0 Å². The van der Waals surface area contributed by atoms with E-state index in [0.29, 0.717) is 18.5 Å². The second kappa shape index (κ2) is 7.36. The lowest BCUT2D eigenvalue weighted by molar-refractivity contribution is -0.121. The molecule has 1 amide bonds. The number of hydrogen-bond acceptors (Lipinski definition) is 3. The van der Waals surface area contributed by atoms with Gasteiger partial charge in [-0.05, 0) is 57.1 Å². The molecular weight excluding hydrogens is 310 g/mol. The summed E-state index contributed by atoms with van der Waals surface area (Å²) in [6.45, 7) is 5.42. The molecule has 2 fully saturated rings. The number of hydrogen-bond donors (Lipinski definition) is 1. The second-order valence-electron chi connectivity index (χ2n) is 8.07. The molecule has 25 heavy (non-hydrogen) atoms.